The summed E-state index contributed by atoms with van der Waals surface area (Å²) in [5.41, 5.74) is 0.390. The molecule has 0 aromatic heterocycles. The largest absolute Gasteiger partial charge is 0.354 e. The lowest BCUT2D eigenvalue weighted by molar-refractivity contribution is -0.124. The predicted octanol–water partition coefficient (Wildman–Crippen LogP) is 0.527. The molecule has 1 unspecified atom stereocenters. The van der Waals surface area contributed by atoms with Gasteiger partial charge in [0.05, 0.1) is 0 Å². The van der Waals surface area contributed by atoms with Crippen molar-refractivity contribution >= 4 is 11.8 Å². The zero-order valence-electron chi connectivity index (χ0n) is 11.7. The maximum absolute atomic E-state index is 12.7. The first-order valence-corrected chi connectivity index (χ1v) is 6.50. The van der Waals surface area contributed by atoms with E-state index in [4.69, 9.17) is 0 Å². The van der Waals surface area contributed by atoms with Crippen LogP contribution in [-0.2, 0) is 4.79 Å². The van der Waals surface area contributed by atoms with Crippen molar-refractivity contribution in [1.82, 2.24) is 16.0 Å². The van der Waals surface area contributed by atoms with Crippen molar-refractivity contribution in [1.29, 1.82) is 0 Å². The summed E-state index contributed by atoms with van der Waals surface area (Å²) in [6.45, 7) is 3.12. The smallest absolute Gasteiger partial charge is 0.251 e. The Balaban J connectivity index is 2.25. The Kier molecular flexibility index (Phi) is 6.66. The number of halogens is 1. The van der Waals surface area contributed by atoms with E-state index in [1.165, 1.54) is 24.3 Å². The first-order chi connectivity index (χ1) is 9.54. The van der Waals surface area contributed by atoms with E-state index in [2.05, 4.69) is 16.0 Å². The summed E-state index contributed by atoms with van der Waals surface area (Å²) in [5, 5.41) is 8.30. The van der Waals surface area contributed by atoms with Gasteiger partial charge in [-0.3, -0.25) is 9.59 Å². The Morgan fingerprint density at radius 1 is 1.15 bits per heavy atom. The van der Waals surface area contributed by atoms with Crippen molar-refractivity contribution in [3.63, 3.8) is 0 Å². The zero-order chi connectivity index (χ0) is 15.0. The van der Waals surface area contributed by atoms with Gasteiger partial charge in [0, 0.05) is 31.1 Å². The highest BCUT2D eigenvalue weighted by atomic mass is 19.1. The van der Waals surface area contributed by atoms with Crippen LogP contribution < -0.4 is 16.0 Å². The van der Waals surface area contributed by atoms with Crippen molar-refractivity contribution in [2.45, 2.75) is 6.92 Å². The average molecular weight is 281 g/mol. The molecular formula is C14H20FN3O2. The maximum Gasteiger partial charge on any atom is 0.251 e. The van der Waals surface area contributed by atoms with Crippen molar-refractivity contribution in [2.75, 3.05) is 26.7 Å². The summed E-state index contributed by atoms with van der Waals surface area (Å²) in [6.07, 6.45) is 0. The molecule has 0 spiro atoms. The molecule has 6 heteroatoms. The minimum absolute atomic E-state index is 0.0598. The summed E-state index contributed by atoms with van der Waals surface area (Å²) in [6, 6.07) is 5.29. The molecule has 0 fully saturated rings. The number of hydrogen-bond donors (Lipinski definition) is 3. The van der Waals surface area contributed by atoms with E-state index in [1.54, 1.807) is 7.05 Å². The Labute approximate surface area is 117 Å². The molecule has 0 radical (unpaired) electrons. The van der Waals surface area contributed by atoms with Gasteiger partial charge in [0.2, 0.25) is 5.91 Å². The van der Waals surface area contributed by atoms with Crippen LogP contribution in [0.4, 0.5) is 4.39 Å². The number of carbonyl (C=O) groups is 2. The average Bonchev–Trinajstić information content (AvgIpc) is 2.44. The fourth-order valence-electron chi connectivity index (χ4n) is 1.64. The van der Waals surface area contributed by atoms with Gasteiger partial charge in [-0.05, 0) is 31.3 Å². The highest BCUT2D eigenvalue weighted by Crippen LogP contribution is 2.01. The first kappa shape index (κ1) is 16.1. The highest BCUT2D eigenvalue weighted by molar-refractivity contribution is 5.94. The van der Waals surface area contributed by atoms with Crippen LogP contribution in [0.15, 0.2) is 24.3 Å². The van der Waals surface area contributed by atoms with Gasteiger partial charge in [-0.15, -0.1) is 0 Å². The summed E-state index contributed by atoms with van der Waals surface area (Å²) in [4.78, 5) is 23.3. The third kappa shape index (κ3) is 5.36. The van der Waals surface area contributed by atoms with Crippen LogP contribution in [0.25, 0.3) is 0 Å². The molecule has 0 aliphatic carbocycles. The molecular weight excluding hydrogens is 261 g/mol. The Morgan fingerprint density at radius 2 is 1.75 bits per heavy atom. The van der Waals surface area contributed by atoms with Gasteiger partial charge in [0.25, 0.3) is 5.91 Å². The minimum Gasteiger partial charge on any atom is -0.354 e. The van der Waals surface area contributed by atoms with Gasteiger partial charge < -0.3 is 16.0 Å². The van der Waals surface area contributed by atoms with E-state index in [0.717, 1.165) is 0 Å². The molecule has 0 bridgehead atoms. The monoisotopic (exact) mass is 281 g/mol. The fraction of sp³-hybridized carbons (Fsp3) is 0.429. The number of carbonyl (C=O) groups excluding carboxylic acids is 2. The van der Waals surface area contributed by atoms with Crippen LogP contribution in [-0.4, -0.2) is 38.5 Å². The van der Waals surface area contributed by atoms with Crippen molar-refractivity contribution in [2.24, 2.45) is 5.92 Å². The Morgan fingerprint density at radius 3 is 2.35 bits per heavy atom. The second kappa shape index (κ2) is 8.27. The molecule has 0 aliphatic heterocycles. The van der Waals surface area contributed by atoms with Gasteiger partial charge in [0.15, 0.2) is 0 Å². The lowest BCUT2D eigenvalue weighted by Gasteiger charge is -2.12. The molecule has 5 nitrogen and oxygen atoms in total. The predicted molar refractivity (Wildman–Crippen MR) is 74.8 cm³/mol. The minimum atomic E-state index is -0.382. The molecule has 0 aliphatic rings. The van der Waals surface area contributed by atoms with Crippen LogP contribution in [0.5, 0.6) is 0 Å². The van der Waals surface area contributed by atoms with Gasteiger partial charge in [0.1, 0.15) is 5.82 Å². The molecule has 20 heavy (non-hydrogen) atoms. The number of rotatable bonds is 7. The molecule has 1 aromatic carbocycles. The number of benzene rings is 1. The normalized spacial score (nSPS) is 11.8. The number of nitrogens with one attached hydrogen (secondary N) is 3. The topological polar surface area (TPSA) is 70.2 Å². The van der Waals surface area contributed by atoms with E-state index >= 15 is 0 Å². The van der Waals surface area contributed by atoms with Crippen LogP contribution in [0.2, 0.25) is 0 Å². The Bertz CT molecular complexity index is 448. The van der Waals surface area contributed by atoms with Crippen LogP contribution in [0, 0.1) is 11.7 Å². The molecule has 110 valence electrons. The van der Waals surface area contributed by atoms with Gasteiger partial charge in [-0.25, -0.2) is 4.39 Å². The van der Waals surface area contributed by atoms with Crippen LogP contribution in [0.3, 0.4) is 0 Å². The standard InChI is InChI=1S/C14H20FN3O2/c1-10(9-16-2)13(19)17-7-8-18-14(20)11-3-5-12(15)6-4-11/h3-6,10,16H,7-9H2,1-2H3,(H,17,19)(H,18,20). The number of amides is 2. The molecule has 0 saturated heterocycles. The van der Waals surface area contributed by atoms with Gasteiger partial charge in [-0.1, -0.05) is 6.92 Å². The van der Waals surface area contributed by atoms with E-state index in [-0.39, 0.29) is 23.5 Å². The number of hydrogen-bond acceptors (Lipinski definition) is 3. The quantitative estimate of drug-likeness (QED) is 0.638. The molecule has 1 aromatic rings. The molecule has 2 amide bonds. The molecule has 0 saturated carbocycles. The third-order valence-corrected chi connectivity index (χ3v) is 2.77. The lowest BCUT2D eigenvalue weighted by Crippen LogP contribution is -2.39. The van der Waals surface area contributed by atoms with E-state index in [9.17, 15) is 14.0 Å². The molecule has 0 heterocycles. The van der Waals surface area contributed by atoms with E-state index in [1.807, 2.05) is 6.92 Å². The molecule has 3 N–H and O–H groups in total. The zero-order valence-corrected chi connectivity index (χ0v) is 11.7. The first-order valence-electron chi connectivity index (χ1n) is 6.50. The summed E-state index contributed by atoms with van der Waals surface area (Å²) in [7, 11) is 1.78. The summed E-state index contributed by atoms with van der Waals surface area (Å²) < 4.78 is 12.7. The third-order valence-electron chi connectivity index (χ3n) is 2.77. The van der Waals surface area contributed by atoms with Crippen LogP contribution in [0.1, 0.15) is 17.3 Å². The molecule has 1 atom stereocenters. The van der Waals surface area contributed by atoms with Crippen molar-refractivity contribution in [3.05, 3.63) is 35.6 Å². The second-order valence-corrected chi connectivity index (χ2v) is 4.51. The molecule has 1 rings (SSSR count). The summed E-state index contributed by atoms with van der Waals surface area (Å²) in [5.74, 6) is -0.849. The van der Waals surface area contributed by atoms with Crippen molar-refractivity contribution in [3.8, 4) is 0 Å². The second-order valence-electron chi connectivity index (χ2n) is 4.51. The maximum atomic E-state index is 12.7. The highest BCUT2D eigenvalue weighted by Gasteiger charge is 2.11. The summed E-state index contributed by atoms with van der Waals surface area (Å²) >= 11 is 0. The van der Waals surface area contributed by atoms with Crippen molar-refractivity contribution < 1.29 is 14.0 Å². The SMILES string of the molecule is CNCC(C)C(=O)NCCNC(=O)c1ccc(F)cc1. The van der Waals surface area contributed by atoms with Crippen LogP contribution >= 0.6 is 0 Å². The fourth-order valence-corrected chi connectivity index (χ4v) is 1.64. The Hall–Kier alpha value is -1.95. The van der Waals surface area contributed by atoms with E-state index < -0.39 is 0 Å². The lowest BCUT2D eigenvalue weighted by atomic mass is 10.1. The van der Waals surface area contributed by atoms with E-state index in [0.29, 0.717) is 25.2 Å². The van der Waals surface area contributed by atoms with Gasteiger partial charge in [-0.2, -0.15) is 0 Å². The van der Waals surface area contributed by atoms with Gasteiger partial charge >= 0.3 is 0 Å².